The Labute approximate surface area is 213 Å². The van der Waals surface area contributed by atoms with E-state index in [4.69, 9.17) is 9.72 Å². The number of morpholine rings is 1. The van der Waals surface area contributed by atoms with Crippen LogP contribution in [-0.2, 0) is 4.74 Å². The van der Waals surface area contributed by atoms with Crippen molar-refractivity contribution in [1.82, 2.24) is 10.3 Å². The minimum Gasteiger partial charge on any atom is -0.378 e. The predicted molar refractivity (Wildman–Crippen MR) is 149 cm³/mol. The number of aromatic nitrogens is 1. The lowest BCUT2D eigenvalue weighted by molar-refractivity contribution is 0.122. The number of benzene rings is 3. The summed E-state index contributed by atoms with van der Waals surface area (Å²) in [7, 11) is 0. The molecule has 0 radical (unpaired) electrons. The SMILES string of the molecule is c1ccc(-c2cc(-c3ccc(N4CCNCC4)cc3)nc(-c3ccc(N4CCOCC4)cc3)c2)cc1. The number of ether oxygens (including phenoxy) is 1. The fourth-order valence-corrected chi connectivity index (χ4v) is 5.05. The van der Waals surface area contributed by atoms with Crippen LogP contribution >= 0.6 is 0 Å². The van der Waals surface area contributed by atoms with E-state index < -0.39 is 0 Å². The van der Waals surface area contributed by atoms with Gasteiger partial charge in [0.15, 0.2) is 0 Å². The first-order valence-electron chi connectivity index (χ1n) is 12.9. The molecule has 3 aromatic carbocycles. The van der Waals surface area contributed by atoms with Crippen LogP contribution in [-0.4, -0.2) is 57.5 Å². The van der Waals surface area contributed by atoms with Crippen molar-refractivity contribution in [3.8, 4) is 33.6 Å². The molecule has 3 heterocycles. The maximum Gasteiger partial charge on any atom is 0.0715 e. The van der Waals surface area contributed by atoms with Gasteiger partial charge >= 0.3 is 0 Å². The number of piperazine rings is 1. The van der Waals surface area contributed by atoms with E-state index >= 15 is 0 Å². The molecule has 0 saturated carbocycles. The van der Waals surface area contributed by atoms with Gasteiger partial charge in [-0.3, -0.25) is 0 Å². The Morgan fingerprint density at radius 3 is 1.64 bits per heavy atom. The van der Waals surface area contributed by atoms with E-state index in [9.17, 15) is 0 Å². The lowest BCUT2D eigenvalue weighted by atomic mass is 9.99. The molecule has 2 fully saturated rings. The highest BCUT2D eigenvalue weighted by Gasteiger charge is 2.14. The fourth-order valence-electron chi connectivity index (χ4n) is 5.05. The van der Waals surface area contributed by atoms with Crippen LogP contribution in [0.25, 0.3) is 33.6 Å². The van der Waals surface area contributed by atoms with Gasteiger partial charge in [-0.15, -0.1) is 0 Å². The molecule has 0 aliphatic carbocycles. The number of anilines is 2. The fraction of sp³-hybridized carbons (Fsp3) is 0.258. The first-order chi connectivity index (χ1) is 17.8. The van der Waals surface area contributed by atoms with Gasteiger partial charge in [0, 0.05) is 61.8 Å². The Morgan fingerprint density at radius 1 is 0.556 bits per heavy atom. The van der Waals surface area contributed by atoms with Crippen LogP contribution in [0.3, 0.4) is 0 Å². The van der Waals surface area contributed by atoms with Gasteiger partial charge in [-0.25, -0.2) is 4.98 Å². The Kier molecular flexibility index (Phi) is 6.66. The molecule has 2 aliphatic heterocycles. The number of rotatable bonds is 5. The zero-order valence-electron chi connectivity index (χ0n) is 20.6. The number of nitrogens with one attached hydrogen (secondary N) is 1. The average Bonchev–Trinajstić information content (AvgIpc) is 2.98. The van der Waals surface area contributed by atoms with E-state index in [1.165, 1.54) is 22.5 Å². The van der Waals surface area contributed by atoms with Gasteiger partial charge in [0.2, 0.25) is 0 Å². The molecule has 4 aromatic rings. The third-order valence-electron chi connectivity index (χ3n) is 7.12. The first-order valence-corrected chi connectivity index (χ1v) is 12.9. The molecule has 0 amide bonds. The van der Waals surface area contributed by atoms with Crippen LogP contribution in [0.1, 0.15) is 0 Å². The molecule has 1 aromatic heterocycles. The lowest BCUT2D eigenvalue weighted by Gasteiger charge is -2.29. The van der Waals surface area contributed by atoms with Crippen molar-refractivity contribution in [2.45, 2.75) is 0 Å². The second-order valence-electron chi connectivity index (χ2n) is 9.42. The molecule has 5 heteroatoms. The summed E-state index contributed by atoms with van der Waals surface area (Å²) in [5.41, 5.74) is 9.15. The van der Waals surface area contributed by atoms with Crippen LogP contribution in [0.5, 0.6) is 0 Å². The lowest BCUT2D eigenvalue weighted by Crippen LogP contribution is -2.43. The maximum atomic E-state index is 5.51. The van der Waals surface area contributed by atoms with Crippen LogP contribution in [0, 0.1) is 0 Å². The van der Waals surface area contributed by atoms with Gasteiger partial charge in [0.1, 0.15) is 0 Å². The van der Waals surface area contributed by atoms with Crippen LogP contribution in [0.2, 0.25) is 0 Å². The van der Waals surface area contributed by atoms with Crippen molar-refractivity contribution in [3.05, 3.63) is 91.0 Å². The zero-order valence-corrected chi connectivity index (χ0v) is 20.6. The molecule has 182 valence electrons. The van der Waals surface area contributed by atoms with E-state index in [0.29, 0.717) is 0 Å². The van der Waals surface area contributed by atoms with Gasteiger partial charge in [-0.2, -0.15) is 0 Å². The van der Waals surface area contributed by atoms with E-state index in [-0.39, 0.29) is 0 Å². The van der Waals surface area contributed by atoms with Crippen molar-refractivity contribution < 1.29 is 4.74 Å². The van der Waals surface area contributed by atoms with Crippen molar-refractivity contribution in [2.24, 2.45) is 0 Å². The van der Waals surface area contributed by atoms with Crippen LogP contribution < -0.4 is 15.1 Å². The molecule has 36 heavy (non-hydrogen) atoms. The van der Waals surface area contributed by atoms with Gasteiger partial charge in [-0.1, -0.05) is 54.6 Å². The summed E-state index contributed by atoms with van der Waals surface area (Å²) in [6.45, 7) is 7.63. The topological polar surface area (TPSA) is 40.6 Å². The Balaban J connectivity index is 1.34. The van der Waals surface area contributed by atoms with Gasteiger partial charge < -0.3 is 19.9 Å². The molecular formula is C31H32N4O. The Hall–Kier alpha value is -3.67. The molecule has 6 rings (SSSR count). The monoisotopic (exact) mass is 476 g/mol. The molecule has 2 saturated heterocycles. The van der Waals surface area contributed by atoms with Crippen molar-refractivity contribution in [3.63, 3.8) is 0 Å². The van der Waals surface area contributed by atoms with Crippen molar-refractivity contribution in [1.29, 1.82) is 0 Å². The number of hydrogen-bond donors (Lipinski definition) is 1. The van der Waals surface area contributed by atoms with Crippen LogP contribution in [0.4, 0.5) is 11.4 Å². The van der Waals surface area contributed by atoms with E-state index in [0.717, 1.165) is 75.0 Å². The molecular weight excluding hydrogens is 444 g/mol. The molecule has 5 nitrogen and oxygen atoms in total. The van der Waals surface area contributed by atoms with Crippen molar-refractivity contribution in [2.75, 3.05) is 62.3 Å². The number of nitrogens with zero attached hydrogens (tertiary/aromatic N) is 3. The summed E-state index contributed by atoms with van der Waals surface area (Å²) >= 11 is 0. The standard InChI is InChI=1S/C31H32N4O/c1-2-4-24(5-3-1)27-22-30(25-6-10-28(11-7-25)34-16-14-32-15-17-34)33-31(23-27)26-8-12-29(13-9-26)35-18-20-36-21-19-35/h1-13,22-23,32H,14-21H2. The van der Waals surface area contributed by atoms with Crippen LogP contribution in [0.15, 0.2) is 91.0 Å². The van der Waals surface area contributed by atoms with Crippen molar-refractivity contribution >= 4 is 11.4 Å². The molecule has 1 N–H and O–H groups in total. The molecule has 0 bridgehead atoms. The molecule has 0 unspecified atom stereocenters. The number of pyridine rings is 1. The Morgan fingerprint density at radius 2 is 1.08 bits per heavy atom. The summed E-state index contributed by atoms with van der Waals surface area (Å²) < 4.78 is 5.51. The van der Waals surface area contributed by atoms with E-state index in [2.05, 4.69) is 106 Å². The highest BCUT2D eigenvalue weighted by molar-refractivity contribution is 5.77. The number of hydrogen-bond acceptors (Lipinski definition) is 5. The summed E-state index contributed by atoms with van der Waals surface area (Å²) in [6, 6.07) is 32.7. The second-order valence-corrected chi connectivity index (χ2v) is 9.42. The second kappa shape index (κ2) is 10.5. The summed E-state index contributed by atoms with van der Waals surface area (Å²) in [5, 5.41) is 3.43. The normalized spacial score (nSPS) is 16.2. The Bertz CT molecular complexity index is 1200. The minimum absolute atomic E-state index is 0.791. The smallest absolute Gasteiger partial charge is 0.0715 e. The van der Waals surface area contributed by atoms with Gasteiger partial charge in [0.05, 0.1) is 24.6 Å². The maximum absolute atomic E-state index is 5.51. The summed E-state index contributed by atoms with van der Waals surface area (Å²) in [4.78, 5) is 9.95. The average molecular weight is 477 g/mol. The first kappa shape index (κ1) is 22.8. The minimum atomic E-state index is 0.791. The predicted octanol–water partition coefficient (Wildman–Crippen LogP) is 5.33. The summed E-state index contributed by atoms with van der Waals surface area (Å²) in [6.07, 6.45) is 0. The zero-order chi connectivity index (χ0) is 24.2. The van der Waals surface area contributed by atoms with E-state index in [1.807, 2.05) is 0 Å². The molecule has 2 aliphatic rings. The van der Waals surface area contributed by atoms with Gasteiger partial charge in [0.25, 0.3) is 0 Å². The highest BCUT2D eigenvalue weighted by Crippen LogP contribution is 2.32. The molecule has 0 atom stereocenters. The quantitative estimate of drug-likeness (QED) is 0.422. The van der Waals surface area contributed by atoms with E-state index in [1.54, 1.807) is 0 Å². The summed E-state index contributed by atoms with van der Waals surface area (Å²) in [5.74, 6) is 0. The largest absolute Gasteiger partial charge is 0.378 e. The van der Waals surface area contributed by atoms with Gasteiger partial charge in [-0.05, 0) is 47.5 Å². The highest BCUT2D eigenvalue weighted by atomic mass is 16.5. The molecule has 0 spiro atoms. The third-order valence-corrected chi connectivity index (χ3v) is 7.12. The third kappa shape index (κ3) is 4.99.